The van der Waals surface area contributed by atoms with E-state index in [0.717, 1.165) is 44.0 Å². The number of hydrogen-bond donors (Lipinski definition) is 2. The molecule has 5 nitrogen and oxygen atoms in total. The van der Waals surface area contributed by atoms with Gasteiger partial charge in [-0.25, -0.2) is 4.98 Å². The van der Waals surface area contributed by atoms with Crippen LogP contribution in [0.15, 0.2) is 10.4 Å². The van der Waals surface area contributed by atoms with Crippen LogP contribution in [-0.4, -0.2) is 43.3 Å². The molecule has 1 aromatic heterocycles. The Labute approximate surface area is 138 Å². The van der Waals surface area contributed by atoms with Gasteiger partial charge in [0.1, 0.15) is 0 Å². The minimum Gasteiger partial charge on any atom is -0.377 e. The van der Waals surface area contributed by atoms with Crippen LogP contribution in [-0.2, 0) is 11.2 Å². The van der Waals surface area contributed by atoms with Crippen molar-refractivity contribution >= 4 is 17.3 Å². The molecule has 1 rings (SSSR count). The van der Waals surface area contributed by atoms with Crippen LogP contribution >= 0.6 is 11.3 Å². The maximum absolute atomic E-state index is 5.39. The predicted octanol–water partition coefficient (Wildman–Crippen LogP) is 2.75. The van der Waals surface area contributed by atoms with Crippen LogP contribution in [0.5, 0.6) is 0 Å². The maximum atomic E-state index is 5.39. The van der Waals surface area contributed by atoms with E-state index in [1.165, 1.54) is 5.01 Å². The summed E-state index contributed by atoms with van der Waals surface area (Å²) >= 11 is 1.75. The lowest BCUT2D eigenvalue weighted by molar-refractivity contribution is 0.0310. The number of guanidine groups is 1. The molecule has 1 heterocycles. The summed E-state index contributed by atoms with van der Waals surface area (Å²) in [6, 6.07) is 0. The first-order chi connectivity index (χ1) is 10.5. The highest BCUT2D eigenvalue weighted by Crippen LogP contribution is 2.11. The van der Waals surface area contributed by atoms with E-state index in [1.807, 2.05) is 20.8 Å². The standard InChI is InChI=1S/C16H30N4OS/c1-6-17-15(19-12-16(3,4)21-5)18-10-8-7-9-14-20-13(2)11-22-14/h11H,6-10,12H2,1-5H3,(H2,17,18,19). The van der Waals surface area contributed by atoms with Gasteiger partial charge in [-0.15, -0.1) is 11.3 Å². The summed E-state index contributed by atoms with van der Waals surface area (Å²) in [5, 5.41) is 9.99. The molecule has 0 atom stereocenters. The molecule has 0 fully saturated rings. The van der Waals surface area contributed by atoms with Gasteiger partial charge in [0.05, 0.1) is 17.2 Å². The third-order valence-electron chi connectivity index (χ3n) is 3.29. The number of thiazole rings is 1. The average molecular weight is 327 g/mol. The Bertz CT molecular complexity index is 457. The summed E-state index contributed by atoms with van der Waals surface area (Å²) in [5.74, 6) is 0.859. The molecule has 0 aliphatic rings. The van der Waals surface area contributed by atoms with Gasteiger partial charge in [0.2, 0.25) is 0 Å². The smallest absolute Gasteiger partial charge is 0.191 e. The molecule has 0 aliphatic carbocycles. The molecule has 6 heteroatoms. The zero-order valence-electron chi connectivity index (χ0n) is 14.5. The third kappa shape index (κ3) is 7.75. The zero-order valence-corrected chi connectivity index (χ0v) is 15.3. The maximum Gasteiger partial charge on any atom is 0.191 e. The van der Waals surface area contributed by atoms with E-state index in [1.54, 1.807) is 18.4 Å². The molecule has 0 aliphatic heterocycles. The molecule has 0 radical (unpaired) electrons. The second-order valence-electron chi connectivity index (χ2n) is 5.93. The van der Waals surface area contributed by atoms with E-state index < -0.39 is 0 Å². The number of aryl methyl sites for hydroxylation is 2. The van der Waals surface area contributed by atoms with Gasteiger partial charge >= 0.3 is 0 Å². The molecule has 0 unspecified atom stereocenters. The second kappa shape index (κ2) is 9.79. The Morgan fingerprint density at radius 2 is 2.14 bits per heavy atom. The first kappa shape index (κ1) is 18.9. The lowest BCUT2D eigenvalue weighted by atomic mass is 10.1. The minimum atomic E-state index is -0.231. The van der Waals surface area contributed by atoms with Crippen molar-refractivity contribution in [3.05, 3.63) is 16.1 Å². The van der Waals surface area contributed by atoms with Crippen LogP contribution in [0.3, 0.4) is 0 Å². The van der Waals surface area contributed by atoms with Crippen molar-refractivity contribution < 1.29 is 4.74 Å². The van der Waals surface area contributed by atoms with Gasteiger partial charge in [-0.3, -0.25) is 4.99 Å². The molecule has 0 amide bonds. The lowest BCUT2D eigenvalue weighted by Crippen LogP contribution is -2.39. The summed E-state index contributed by atoms with van der Waals surface area (Å²) in [4.78, 5) is 9.06. The molecule has 0 bridgehead atoms. The van der Waals surface area contributed by atoms with Crippen LogP contribution in [0.4, 0.5) is 0 Å². The van der Waals surface area contributed by atoms with E-state index in [4.69, 9.17) is 4.74 Å². The summed E-state index contributed by atoms with van der Waals surface area (Å²) < 4.78 is 5.39. The molecule has 1 aromatic rings. The number of rotatable bonds is 9. The van der Waals surface area contributed by atoms with Crippen molar-refractivity contribution in [1.82, 2.24) is 15.6 Å². The Balaban J connectivity index is 2.27. The summed E-state index contributed by atoms with van der Waals surface area (Å²) in [6.07, 6.45) is 3.31. The highest BCUT2D eigenvalue weighted by molar-refractivity contribution is 7.09. The lowest BCUT2D eigenvalue weighted by Gasteiger charge is -2.21. The Morgan fingerprint density at radius 3 is 2.73 bits per heavy atom. The molecule has 0 saturated carbocycles. The van der Waals surface area contributed by atoms with E-state index in [2.05, 4.69) is 32.9 Å². The van der Waals surface area contributed by atoms with Crippen LogP contribution in [0.25, 0.3) is 0 Å². The van der Waals surface area contributed by atoms with Crippen molar-refractivity contribution in [2.75, 3.05) is 26.7 Å². The topological polar surface area (TPSA) is 58.5 Å². The van der Waals surface area contributed by atoms with Gasteiger partial charge in [0.25, 0.3) is 0 Å². The Kier molecular flexibility index (Phi) is 8.42. The van der Waals surface area contributed by atoms with Crippen molar-refractivity contribution in [2.45, 2.75) is 52.6 Å². The van der Waals surface area contributed by atoms with Gasteiger partial charge in [-0.2, -0.15) is 0 Å². The summed E-state index contributed by atoms with van der Waals surface area (Å²) in [7, 11) is 1.72. The van der Waals surface area contributed by atoms with Gasteiger partial charge < -0.3 is 15.4 Å². The van der Waals surface area contributed by atoms with E-state index >= 15 is 0 Å². The Morgan fingerprint density at radius 1 is 1.36 bits per heavy atom. The molecule has 2 N–H and O–H groups in total. The van der Waals surface area contributed by atoms with Gasteiger partial charge in [0, 0.05) is 31.3 Å². The fraction of sp³-hybridized carbons (Fsp3) is 0.750. The number of unbranched alkanes of at least 4 members (excludes halogenated alkanes) is 1. The highest BCUT2D eigenvalue weighted by atomic mass is 32.1. The van der Waals surface area contributed by atoms with E-state index in [-0.39, 0.29) is 5.60 Å². The number of nitrogens with one attached hydrogen (secondary N) is 2. The third-order valence-corrected chi connectivity index (χ3v) is 4.32. The number of ether oxygens (including phenoxy) is 1. The van der Waals surface area contributed by atoms with Gasteiger partial charge in [0.15, 0.2) is 5.96 Å². The predicted molar refractivity (Wildman–Crippen MR) is 94.9 cm³/mol. The van der Waals surface area contributed by atoms with Crippen molar-refractivity contribution in [3.63, 3.8) is 0 Å². The van der Waals surface area contributed by atoms with Crippen molar-refractivity contribution in [2.24, 2.45) is 4.99 Å². The number of nitrogens with zero attached hydrogens (tertiary/aromatic N) is 2. The number of hydrogen-bond acceptors (Lipinski definition) is 4. The quantitative estimate of drug-likeness (QED) is 0.416. The molecular formula is C16H30N4OS. The first-order valence-corrected chi connectivity index (χ1v) is 8.83. The van der Waals surface area contributed by atoms with Crippen molar-refractivity contribution in [1.29, 1.82) is 0 Å². The molecule has 0 spiro atoms. The normalized spacial score (nSPS) is 12.5. The monoisotopic (exact) mass is 326 g/mol. The minimum absolute atomic E-state index is 0.231. The zero-order chi connectivity index (χ0) is 16.4. The van der Waals surface area contributed by atoms with E-state index in [9.17, 15) is 0 Å². The molecule has 0 aromatic carbocycles. The fourth-order valence-corrected chi connectivity index (χ4v) is 2.62. The first-order valence-electron chi connectivity index (χ1n) is 7.95. The highest BCUT2D eigenvalue weighted by Gasteiger charge is 2.15. The summed E-state index contributed by atoms with van der Waals surface area (Å²) in [5.41, 5.74) is 0.894. The fourth-order valence-electron chi connectivity index (χ4n) is 1.80. The number of methoxy groups -OCH3 is 1. The molecule has 0 saturated heterocycles. The SMILES string of the molecule is CCNC(=NCC(C)(C)OC)NCCCCc1nc(C)cs1. The largest absolute Gasteiger partial charge is 0.377 e. The van der Waals surface area contributed by atoms with Crippen LogP contribution in [0, 0.1) is 6.92 Å². The average Bonchev–Trinajstić information content (AvgIpc) is 2.90. The van der Waals surface area contributed by atoms with E-state index in [0.29, 0.717) is 6.54 Å². The van der Waals surface area contributed by atoms with Crippen LogP contribution in [0.1, 0.15) is 44.3 Å². The summed E-state index contributed by atoms with van der Waals surface area (Å²) in [6.45, 7) is 10.6. The number of aromatic nitrogens is 1. The molecule has 126 valence electrons. The second-order valence-corrected chi connectivity index (χ2v) is 6.87. The van der Waals surface area contributed by atoms with Crippen LogP contribution in [0.2, 0.25) is 0 Å². The molecular weight excluding hydrogens is 296 g/mol. The Hall–Kier alpha value is -1.14. The number of aliphatic imine (C=N–C) groups is 1. The van der Waals surface area contributed by atoms with Crippen molar-refractivity contribution in [3.8, 4) is 0 Å². The van der Waals surface area contributed by atoms with Crippen LogP contribution < -0.4 is 10.6 Å². The molecule has 22 heavy (non-hydrogen) atoms. The van der Waals surface area contributed by atoms with Gasteiger partial charge in [-0.05, 0) is 47.0 Å². The van der Waals surface area contributed by atoms with Gasteiger partial charge in [-0.1, -0.05) is 0 Å².